The second-order valence-electron chi connectivity index (χ2n) is 6.85. The monoisotopic (exact) mass is 293 g/mol. The Balaban J connectivity index is 1.90. The van der Waals surface area contributed by atoms with Crippen molar-refractivity contribution in [2.24, 2.45) is 0 Å². The molecule has 2 N–H and O–H groups in total. The SMILES string of the molecule is CC(C)(C)OC(=O)N1Cc2c(C(=O)O)n[nH]c2C2(CC2)C1. The van der Waals surface area contributed by atoms with Crippen LogP contribution in [0.3, 0.4) is 0 Å². The third-order valence-corrected chi connectivity index (χ3v) is 3.95. The minimum absolute atomic E-state index is 0.00420. The van der Waals surface area contributed by atoms with Crippen LogP contribution in [0.1, 0.15) is 55.4 Å². The van der Waals surface area contributed by atoms with E-state index in [9.17, 15) is 14.7 Å². The number of nitrogens with zero attached hydrogens (tertiary/aromatic N) is 2. The molecule has 114 valence electrons. The topological polar surface area (TPSA) is 95.5 Å². The molecule has 7 nitrogen and oxygen atoms in total. The lowest BCUT2D eigenvalue weighted by Crippen LogP contribution is -2.44. The zero-order valence-corrected chi connectivity index (χ0v) is 12.4. The Morgan fingerprint density at radius 1 is 1.38 bits per heavy atom. The molecule has 0 aromatic carbocycles. The lowest BCUT2D eigenvalue weighted by molar-refractivity contribution is 0.0193. The van der Waals surface area contributed by atoms with Crippen LogP contribution in [0, 0.1) is 0 Å². The molecule has 1 saturated carbocycles. The van der Waals surface area contributed by atoms with E-state index in [1.54, 1.807) is 4.90 Å². The van der Waals surface area contributed by atoms with Crippen LogP contribution in [0.5, 0.6) is 0 Å². The van der Waals surface area contributed by atoms with Crippen LogP contribution in [-0.4, -0.2) is 44.4 Å². The highest BCUT2D eigenvalue weighted by Gasteiger charge is 2.53. The van der Waals surface area contributed by atoms with Crippen molar-refractivity contribution in [2.75, 3.05) is 6.54 Å². The normalized spacial score (nSPS) is 19.3. The number of H-pyrrole nitrogens is 1. The molecule has 2 heterocycles. The first kappa shape index (κ1) is 13.9. The van der Waals surface area contributed by atoms with Gasteiger partial charge in [-0.05, 0) is 33.6 Å². The van der Waals surface area contributed by atoms with Crippen molar-refractivity contribution in [3.05, 3.63) is 17.0 Å². The summed E-state index contributed by atoms with van der Waals surface area (Å²) >= 11 is 0. The summed E-state index contributed by atoms with van der Waals surface area (Å²) in [5.41, 5.74) is 0.756. The smallest absolute Gasteiger partial charge is 0.410 e. The van der Waals surface area contributed by atoms with Crippen molar-refractivity contribution in [1.82, 2.24) is 15.1 Å². The van der Waals surface area contributed by atoms with E-state index in [-0.39, 0.29) is 17.7 Å². The molecular weight excluding hydrogens is 274 g/mol. The van der Waals surface area contributed by atoms with E-state index >= 15 is 0 Å². The number of hydrogen-bond acceptors (Lipinski definition) is 4. The van der Waals surface area contributed by atoms with Gasteiger partial charge in [0.25, 0.3) is 0 Å². The number of carbonyl (C=O) groups is 2. The number of nitrogens with one attached hydrogen (secondary N) is 1. The average Bonchev–Trinajstić information content (AvgIpc) is 2.96. The first-order valence-electron chi connectivity index (χ1n) is 7.01. The number of carboxylic acids is 1. The average molecular weight is 293 g/mol. The third-order valence-electron chi connectivity index (χ3n) is 3.95. The second kappa shape index (κ2) is 4.22. The van der Waals surface area contributed by atoms with E-state index in [0.717, 1.165) is 18.5 Å². The molecule has 7 heteroatoms. The Morgan fingerprint density at radius 3 is 2.57 bits per heavy atom. The van der Waals surface area contributed by atoms with Gasteiger partial charge in [-0.3, -0.25) is 5.10 Å². The number of aromatic amines is 1. The lowest BCUT2D eigenvalue weighted by atomic mass is 9.92. The molecule has 21 heavy (non-hydrogen) atoms. The standard InChI is InChI=1S/C14H19N3O4/c1-13(2,3)21-12(20)17-6-8-9(11(18)19)15-16-10(8)14(7-17)4-5-14/h4-7H2,1-3H3,(H,15,16)(H,18,19). The predicted octanol–water partition coefficient (Wildman–Crippen LogP) is 1.89. The number of aromatic carboxylic acids is 1. The van der Waals surface area contributed by atoms with Crippen molar-refractivity contribution >= 4 is 12.1 Å². The minimum atomic E-state index is -1.07. The Morgan fingerprint density at radius 2 is 2.05 bits per heavy atom. The summed E-state index contributed by atoms with van der Waals surface area (Å²) in [5, 5.41) is 16.0. The van der Waals surface area contributed by atoms with Crippen LogP contribution in [-0.2, 0) is 16.7 Å². The summed E-state index contributed by atoms with van der Waals surface area (Å²) in [7, 11) is 0. The van der Waals surface area contributed by atoms with Gasteiger partial charge in [0.15, 0.2) is 5.69 Å². The Hall–Kier alpha value is -2.05. The van der Waals surface area contributed by atoms with Gasteiger partial charge in [-0.2, -0.15) is 5.10 Å². The molecule has 1 amide bonds. The van der Waals surface area contributed by atoms with E-state index in [2.05, 4.69) is 10.2 Å². The zero-order chi connectivity index (χ0) is 15.4. The van der Waals surface area contributed by atoms with Gasteiger partial charge >= 0.3 is 12.1 Å². The molecule has 1 fully saturated rings. The molecule has 1 aromatic rings. The van der Waals surface area contributed by atoms with Gasteiger partial charge in [-0.1, -0.05) is 0 Å². The van der Waals surface area contributed by atoms with Crippen molar-refractivity contribution in [3.63, 3.8) is 0 Å². The summed E-state index contributed by atoms with van der Waals surface area (Å²) in [4.78, 5) is 25.1. The van der Waals surface area contributed by atoms with Crippen LogP contribution in [0.4, 0.5) is 4.79 Å². The number of ether oxygens (including phenoxy) is 1. The lowest BCUT2D eigenvalue weighted by Gasteiger charge is -2.34. The zero-order valence-electron chi connectivity index (χ0n) is 12.4. The molecule has 1 aliphatic carbocycles. The molecule has 2 aliphatic rings. The van der Waals surface area contributed by atoms with Gasteiger partial charge < -0.3 is 14.7 Å². The van der Waals surface area contributed by atoms with E-state index < -0.39 is 17.7 Å². The first-order valence-corrected chi connectivity index (χ1v) is 7.01. The quantitative estimate of drug-likeness (QED) is 0.824. The highest BCUT2D eigenvalue weighted by atomic mass is 16.6. The van der Waals surface area contributed by atoms with E-state index in [1.165, 1.54) is 0 Å². The van der Waals surface area contributed by atoms with Gasteiger partial charge in [-0.15, -0.1) is 0 Å². The fourth-order valence-corrected chi connectivity index (χ4v) is 2.84. The number of carboxylic acid groups (broad SMARTS) is 1. The van der Waals surface area contributed by atoms with Crippen LogP contribution >= 0.6 is 0 Å². The molecule has 1 spiro atoms. The second-order valence-corrected chi connectivity index (χ2v) is 6.85. The summed E-state index contributed by atoms with van der Waals surface area (Å²) in [6, 6.07) is 0. The summed E-state index contributed by atoms with van der Waals surface area (Å²) < 4.78 is 5.40. The fraction of sp³-hybridized carbons (Fsp3) is 0.643. The maximum Gasteiger partial charge on any atom is 0.410 e. The van der Waals surface area contributed by atoms with E-state index in [0.29, 0.717) is 12.1 Å². The van der Waals surface area contributed by atoms with Crippen molar-refractivity contribution in [1.29, 1.82) is 0 Å². The molecule has 0 radical (unpaired) electrons. The van der Waals surface area contributed by atoms with Crippen LogP contribution in [0.25, 0.3) is 0 Å². The van der Waals surface area contributed by atoms with Crippen molar-refractivity contribution in [2.45, 2.75) is 51.2 Å². The minimum Gasteiger partial charge on any atom is -0.476 e. The predicted molar refractivity (Wildman–Crippen MR) is 73.1 cm³/mol. The van der Waals surface area contributed by atoms with Gasteiger partial charge in [-0.25, -0.2) is 9.59 Å². The van der Waals surface area contributed by atoms with Crippen molar-refractivity contribution in [3.8, 4) is 0 Å². The molecule has 0 saturated heterocycles. The Kier molecular flexibility index (Phi) is 2.80. The number of rotatable bonds is 1. The summed E-state index contributed by atoms with van der Waals surface area (Å²) in [6.07, 6.45) is 1.46. The Labute approximate surface area is 122 Å². The molecule has 0 bridgehead atoms. The van der Waals surface area contributed by atoms with E-state index in [4.69, 9.17) is 4.74 Å². The molecule has 1 aliphatic heterocycles. The number of amides is 1. The summed E-state index contributed by atoms with van der Waals surface area (Å²) in [6.45, 7) is 6.22. The number of hydrogen-bond donors (Lipinski definition) is 2. The molecule has 0 atom stereocenters. The van der Waals surface area contributed by atoms with Crippen LogP contribution in [0.2, 0.25) is 0 Å². The molecule has 3 rings (SSSR count). The number of aromatic nitrogens is 2. The fourth-order valence-electron chi connectivity index (χ4n) is 2.84. The number of fused-ring (bicyclic) bond motifs is 2. The highest BCUT2D eigenvalue weighted by molar-refractivity contribution is 5.88. The number of carbonyl (C=O) groups excluding carboxylic acids is 1. The largest absolute Gasteiger partial charge is 0.476 e. The van der Waals surface area contributed by atoms with Gasteiger partial charge in [0.05, 0.1) is 6.54 Å². The third kappa shape index (κ3) is 2.36. The highest BCUT2D eigenvalue weighted by Crippen LogP contribution is 2.52. The Bertz CT molecular complexity index is 610. The first-order chi connectivity index (χ1) is 9.72. The maximum atomic E-state index is 12.3. The van der Waals surface area contributed by atoms with Gasteiger partial charge in [0, 0.05) is 23.2 Å². The van der Waals surface area contributed by atoms with Crippen LogP contribution in [0.15, 0.2) is 0 Å². The van der Waals surface area contributed by atoms with Gasteiger partial charge in [0.1, 0.15) is 5.60 Å². The maximum absolute atomic E-state index is 12.3. The van der Waals surface area contributed by atoms with Crippen molar-refractivity contribution < 1.29 is 19.4 Å². The van der Waals surface area contributed by atoms with Crippen LogP contribution < -0.4 is 0 Å². The molecule has 0 unspecified atom stereocenters. The van der Waals surface area contributed by atoms with Gasteiger partial charge in [0.2, 0.25) is 0 Å². The molecular formula is C14H19N3O4. The molecule has 1 aromatic heterocycles. The summed E-state index contributed by atoms with van der Waals surface area (Å²) in [5.74, 6) is -1.07. The van der Waals surface area contributed by atoms with E-state index in [1.807, 2.05) is 20.8 Å².